The van der Waals surface area contributed by atoms with Crippen LogP contribution in [-0.4, -0.2) is 27.3 Å². The van der Waals surface area contributed by atoms with Gasteiger partial charge in [-0.25, -0.2) is 8.42 Å². The molecule has 1 saturated carbocycles. The molecular formula is C15H23NO3S. The average Bonchev–Trinajstić information content (AvgIpc) is 2.47. The molecule has 0 bridgehead atoms. The quantitative estimate of drug-likeness (QED) is 0.925. The standard InChI is InChI=1S/C15H23NO3S/c1-11-3-4-12(10-16)15(9-11)20(17,18)14-7-5-13(19-2)6-8-14/h5-8,11-12,15H,3-4,9-10,16H2,1-2H3. The second-order valence-corrected chi connectivity index (χ2v) is 7.84. The predicted octanol–water partition coefficient (Wildman–Crippen LogP) is 2.23. The van der Waals surface area contributed by atoms with Gasteiger partial charge in [0.2, 0.25) is 0 Å². The zero-order chi connectivity index (χ0) is 14.8. The molecule has 0 radical (unpaired) electrons. The number of ether oxygens (including phenoxy) is 1. The summed E-state index contributed by atoms with van der Waals surface area (Å²) in [7, 11) is -1.75. The van der Waals surface area contributed by atoms with Crippen molar-refractivity contribution in [3.63, 3.8) is 0 Å². The van der Waals surface area contributed by atoms with Crippen molar-refractivity contribution >= 4 is 9.84 Å². The molecule has 20 heavy (non-hydrogen) atoms. The van der Waals surface area contributed by atoms with Crippen molar-refractivity contribution in [1.82, 2.24) is 0 Å². The maximum Gasteiger partial charge on any atom is 0.181 e. The van der Waals surface area contributed by atoms with E-state index in [1.165, 1.54) is 0 Å². The van der Waals surface area contributed by atoms with Gasteiger partial charge in [0.05, 0.1) is 17.3 Å². The minimum absolute atomic E-state index is 0.0679. The molecule has 1 fully saturated rings. The normalized spacial score (nSPS) is 27.2. The van der Waals surface area contributed by atoms with Crippen LogP contribution in [0.3, 0.4) is 0 Å². The lowest BCUT2D eigenvalue weighted by Gasteiger charge is -2.33. The van der Waals surface area contributed by atoms with E-state index in [0.29, 0.717) is 29.5 Å². The highest BCUT2D eigenvalue weighted by Crippen LogP contribution is 2.35. The summed E-state index contributed by atoms with van der Waals surface area (Å²) in [5, 5.41) is -0.357. The lowest BCUT2D eigenvalue weighted by molar-refractivity contribution is 0.296. The van der Waals surface area contributed by atoms with Crippen LogP contribution in [0.2, 0.25) is 0 Å². The van der Waals surface area contributed by atoms with Gasteiger partial charge < -0.3 is 10.5 Å². The molecular weight excluding hydrogens is 274 g/mol. The smallest absolute Gasteiger partial charge is 0.181 e. The summed E-state index contributed by atoms with van der Waals surface area (Å²) in [6, 6.07) is 6.63. The summed E-state index contributed by atoms with van der Waals surface area (Å²) in [4.78, 5) is 0.371. The van der Waals surface area contributed by atoms with Gasteiger partial charge in [0.1, 0.15) is 5.75 Å². The Kier molecular flexibility index (Phi) is 4.70. The zero-order valence-corrected chi connectivity index (χ0v) is 12.9. The number of nitrogens with two attached hydrogens (primary N) is 1. The Bertz CT molecular complexity index is 539. The van der Waals surface area contributed by atoms with Crippen LogP contribution in [-0.2, 0) is 9.84 Å². The highest BCUT2D eigenvalue weighted by molar-refractivity contribution is 7.92. The van der Waals surface area contributed by atoms with Gasteiger partial charge in [-0.15, -0.1) is 0 Å². The van der Waals surface area contributed by atoms with Gasteiger partial charge in [-0.1, -0.05) is 13.3 Å². The van der Waals surface area contributed by atoms with Crippen molar-refractivity contribution in [2.75, 3.05) is 13.7 Å². The van der Waals surface area contributed by atoms with E-state index >= 15 is 0 Å². The summed E-state index contributed by atoms with van der Waals surface area (Å²) in [5.74, 6) is 1.17. The van der Waals surface area contributed by atoms with E-state index in [1.54, 1.807) is 31.4 Å². The Morgan fingerprint density at radius 1 is 1.25 bits per heavy atom. The maximum atomic E-state index is 12.8. The third kappa shape index (κ3) is 2.99. The molecule has 1 aromatic rings. The van der Waals surface area contributed by atoms with Gasteiger partial charge in [0.25, 0.3) is 0 Å². The van der Waals surface area contributed by atoms with E-state index in [2.05, 4.69) is 6.92 Å². The minimum Gasteiger partial charge on any atom is -0.497 e. The first kappa shape index (κ1) is 15.3. The molecule has 1 aromatic carbocycles. The van der Waals surface area contributed by atoms with Crippen molar-refractivity contribution in [3.05, 3.63) is 24.3 Å². The molecule has 2 rings (SSSR count). The molecule has 1 aliphatic carbocycles. The first-order valence-electron chi connectivity index (χ1n) is 7.07. The minimum atomic E-state index is -3.32. The van der Waals surface area contributed by atoms with Crippen molar-refractivity contribution in [2.24, 2.45) is 17.6 Å². The fourth-order valence-electron chi connectivity index (χ4n) is 2.98. The van der Waals surface area contributed by atoms with Crippen LogP contribution in [0.4, 0.5) is 0 Å². The van der Waals surface area contributed by atoms with Gasteiger partial charge in [0, 0.05) is 0 Å². The van der Waals surface area contributed by atoms with Crippen molar-refractivity contribution < 1.29 is 13.2 Å². The number of hydrogen-bond donors (Lipinski definition) is 1. The number of benzene rings is 1. The number of methoxy groups -OCH3 is 1. The van der Waals surface area contributed by atoms with E-state index in [9.17, 15) is 8.42 Å². The average molecular weight is 297 g/mol. The summed E-state index contributed by atoms with van der Waals surface area (Å²) in [6.07, 6.45) is 2.67. The van der Waals surface area contributed by atoms with Crippen molar-refractivity contribution in [3.8, 4) is 5.75 Å². The largest absolute Gasteiger partial charge is 0.497 e. The molecule has 0 aromatic heterocycles. The van der Waals surface area contributed by atoms with Gasteiger partial charge in [-0.05, 0) is 55.5 Å². The number of hydrogen-bond acceptors (Lipinski definition) is 4. The zero-order valence-electron chi connectivity index (χ0n) is 12.1. The summed E-state index contributed by atoms with van der Waals surface area (Å²) >= 11 is 0. The van der Waals surface area contributed by atoms with Crippen LogP contribution >= 0.6 is 0 Å². The molecule has 112 valence electrons. The predicted molar refractivity (Wildman–Crippen MR) is 79.5 cm³/mol. The van der Waals surface area contributed by atoms with E-state index < -0.39 is 9.84 Å². The number of rotatable bonds is 4. The Hall–Kier alpha value is -1.07. The first-order chi connectivity index (χ1) is 9.48. The molecule has 1 aliphatic rings. The molecule has 0 spiro atoms. The summed E-state index contributed by atoms with van der Waals surface area (Å²) in [5.41, 5.74) is 5.78. The fourth-order valence-corrected chi connectivity index (χ4v) is 5.18. The molecule has 3 atom stereocenters. The maximum absolute atomic E-state index is 12.8. The lowest BCUT2D eigenvalue weighted by atomic mass is 9.82. The number of sulfone groups is 1. The van der Waals surface area contributed by atoms with Crippen molar-refractivity contribution in [1.29, 1.82) is 0 Å². The van der Waals surface area contributed by atoms with Gasteiger partial charge in [0.15, 0.2) is 9.84 Å². The third-order valence-corrected chi connectivity index (χ3v) is 6.58. The van der Waals surface area contributed by atoms with E-state index in [-0.39, 0.29) is 11.2 Å². The lowest BCUT2D eigenvalue weighted by Crippen LogP contribution is -2.39. The molecule has 0 saturated heterocycles. The third-order valence-electron chi connectivity index (χ3n) is 4.28. The molecule has 3 unspecified atom stereocenters. The SMILES string of the molecule is COc1ccc(S(=O)(=O)C2CC(C)CCC2CN)cc1. The molecule has 0 amide bonds. The second-order valence-electron chi connectivity index (χ2n) is 5.67. The summed E-state index contributed by atoms with van der Waals surface area (Å²) in [6.45, 7) is 2.55. The van der Waals surface area contributed by atoms with E-state index in [0.717, 1.165) is 12.8 Å². The molecule has 0 heterocycles. The summed E-state index contributed by atoms with van der Waals surface area (Å²) < 4.78 is 30.7. The van der Waals surface area contributed by atoms with Gasteiger partial charge in [-0.3, -0.25) is 0 Å². The van der Waals surface area contributed by atoms with E-state index in [4.69, 9.17) is 10.5 Å². The molecule has 5 heteroatoms. The van der Waals surface area contributed by atoms with Crippen LogP contribution in [0.25, 0.3) is 0 Å². The monoisotopic (exact) mass is 297 g/mol. The van der Waals surface area contributed by atoms with Crippen LogP contribution in [0.15, 0.2) is 29.2 Å². The Labute approximate surface area is 121 Å². The second kappa shape index (κ2) is 6.14. The fraction of sp³-hybridized carbons (Fsp3) is 0.600. The highest BCUT2D eigenvalue weighted by atomic mass is 32.2. The molecule has 0 aliphatic heterocycles. The Morgan fingerprint density at radius 2 is 1.90 bits per heavy atom. The van der Waals surface area contributed by atoms with Gasteiger partial charge >= 0.3 is 0 Å². The Morgan fingerprint density at radius 3 is 2.45 bits per heavy atom. The van der Waals surface area contributed by atoms with Crippen LogP contribution < -0.4 is 10.5 Å². The molecule has 4 nitrogen and oxygen atoms in total. The first-order valence-corrected chi connectivity index (χ1v) is 8.61. The highest BCUT2D eigenvalue weighted by Gasteiger charge is 2.37. The topological polar surface area (TPSA) is 69.4 Å². The van der Waals surface area contributed by atoms with Crippen LogP contribution in [0, 0.1) is 11.8 Å². The van der Waals surface area contributed by atoms with Gasteiger partial charge in [-0.2, -0.15) is 0 Å². The molecule has 2 N–H and O–H groups in total. The van der Waals surface area contributed by atoms with Crippen LogP contribution in [0.5, 0.6) is 5.75 Å². The van der Waals surface area contributed by atoms with Crippen LogP contribution in [0.1, 0.15) is 26.2 Å². The van der Waals surface area contributed by atoms with E-state index in [1.807, 2.05) is 0 Å². The van der Waals surface area contributed by atoms with Crippen molar-refractivity contribution in [2.45, 2.75) is 36.3 Å². The Balaban J connectivity index is 2.31.